The van der Waals surface area contributed by atoms with Crippen LogP contribution in [0.2, 0.25) is 5.02 Å². The minimum atomic E-state index is -4.57. The van der Waals surface area contributed by atoms with Crippen molar-refractivity contribution in [2.75, 3.05) is 0 Å². The lowest BCUT2D eigenvalue weighted by Crippen LogP contribution is -2.26. The average Bonchev–Trinajstić information content (AvgIpc) is 2.19. The molecule has 1 aromatic rings. The SMILES string of the molecule is N#CNC(N)=Nc1ccc(Cl)c(C(F)(F)F)c1. The van der Waals surface area contributed by atoms with E-state index in [2.05, 4.69) is 4.99 Å². The van der Waals surface area contributed by atoms with Crippen molar-refractivity contribution in [1.29, 1.82) is 5.26 Å². The lowest BCUT2D eigenvalue weighted by atomic mass is 10.2. The maximum atomic E-state index is 12.5. The molecule has 0 amide bonds. The van der Waals surface area contributed by atoms with Gasteiger partial charge >= 0.3 is 6.18 Å². The van der Waals surface area contributed by atoms with E-state index in [4.69, 9.17) is 22.6 Å². The molecule has 0 aliphatic carbocycles. The van der Waals surface area contributed by atoms with Crippen LogP contribution in [-0.4, -0.2) is 5.96 Å². The predicted molar refractivity (Wildman–Crippen MR) is 56.5 cm³/mol. The summed E-state index contributed by atoms with van der Waals surface area (Å²) >= 11 is 5.41. The Bertz CT molecular complexity index is 490. The molecule has 0 spiro atoms. The highest BCUT2D eigenvalue weighted by Gasteiger charge is 2.33. The zero-order valence-electron chi connectivity index (χ0n) is 8.22. The molecule has 0 heterocycles. The third kappa shape index (κ3) is 3.53. The number of alkyl halides is 3. The normalized spacial score (nSPS) is 12.1. The van der Waals surface area contributed by atoms with Crippen LogP contribution in [0.15, 0.2) is 23.2 Å². The zero-order chi connectivity index (χ0) is 13.1. The van der Waals surface area contributed by atoms with Crippen LogP contribution in [0.3, 0.4) is 0 Å². The first-order valence-electron chi connectivity index (χ1n) is 4.20. The molecule has 0 aliphatic heterocycles. The third-order valence-corrected chi connectivity index (χ3v) is 2.02. The van der Waals surface area contributed by atoms with Gasteiger partial charge in [0.15, 0.2) is 6.19 Å². The average molecular weight is 263 g/mol. The van der Waals surface area contributed by atoms with Gasteiger partial charge in [-0.15, -0.1) is 0 Å². The van der Waals surface area contributed by atoms with E-state index in [1.165, 1.54) is 12.3 Å². The van der Waals surface area contributed by atoms with Crippen molar-refractivity contribution in [2.24, 2.45) is 10.7 Å². The van der Waals surface area contributed by atoms with Crippen molar-refractivity contribution in [2.45, 2.75) is 6.18 Å². The highest BCUT2D eigenvalue weighted by atomic mass is 35.5. The van der Waals surface area contributed by atoms with Gasteiger partial charge in [0.1, 0.15) is 0 Å². The van der Waals surface area contributed by atoms with Crippen LogP contribution in [0.4, 0.5) is 18.9 Å². The predicted octanol–water partition coefficient (Wildman–Crippen LogP) is 2.38. The molecule has 0 aromatic heterocycles. The number of halogens is 4. The van der Waals surface area contributed by atoms with Crippen molar-refractivity contribution in [3.8, 4) is 6.19 Å². The quantitative estimate of drug-likeness (QED) is 0.353. The lowest BCUT2D eigenvalue weighted by molar-refractivity contribution is -0.137. The minimum Gasteiger partial charge on any atom is -0.369 e. The number of nitrogens with one attached hydrogen (secondary N) is 1. The topological polar surface area (TPSA) is 74.2 Å². The molecule has 1 rings (SSSR count). The molecular formula is C9H6ClF3N4. The maximum absolute atomic E-state index is 12.5. The number of nitrogens with two attached hydrogens (primary N) is 1. The number of nitrogens with zero attached hydrogens (tertiary/aromatic N) is 2. The summed E-state index contributed by atoms with van der Waals surface area (Å²) in [5, 5.41) is 9.78. The first-order valence-corrected chi connectivity index (χ1v) is 4.58. The van der Waals surface area contributed by atoms with Gasteiger partial charge in [0.2, 0.25) is 5.96 Å². The summed E-state index contributed by atoms with van der Waals surface area (Å²) in [5.41, 5.74) is 4.15. The van der Waals surface area contributed by atoms with Gasteiger partial charge in [-0.3, -0.25) is 5.32 Å². The molecule has 0 saturated carbocycles. The van der Waals surface area contributed by atoms with Gasteiger partial charge in [0, 0.05) is 0 Å². The molecule has 0 bridgehead atoms. The molecule has 4 nitrogen and oxygen atoms in total. The van der Waals surface area contributed by atoms with E-state index < -0.39 is 16.8 Å². The highest BCUT2D eigenvalue weighted by Crippen LogP contribution is 2.36. The smallest absolute Gasteiger partial charge is 0.369 e. The van der Waals surface area contributed by atoms with Crippen LogP contribution in [0, 0.1) is 11.5 Å². The van der Waals surface area contributed by atoms with Crippen molar-refractivity contribution < 1.29 is 13.2 Å². The Labute approximate surface area is 99.5 Å². The standard InChI is InChI=1S/C9H6ClF3N4/c10-7-2-1-5(17-8(15)16-4-14)3-6(7)9(11,12)13/h1-3H,(H3,15,16,17). The monoisotopic (exact) mass is 262 g/mol. The second-order valence-corrected chi connectivity index (χ2v) is 3.30. The fourth-order valence-electron chi connectivity index (χ4n) is 1.02. The zero-order valence-corrected chi connectivity index (χ0v) is 8.97. The van der Waals surface area contributed by atoms with Crippen LogP contribution in [-0.2, 0) is 6.18 Å². The van der Waals surface area contributed by atoms with Crippen molar-refractivity contribution >= 4 is 23.2 Å². The molecule has 1 aromatic carbocycles. The summed E-state index contributed by atoms with van der Waals surface area (Å²) < 4.78 is 37.4. The van der Waals surface area contributed by atoms with Crippen LogP contribution in [0.25, 0.3) is 0 Å². The van der Waals surface area contributed by atoms with E-state index in [0.29, 0.717) is 0 Å². The van der Waals surface area contributed by atoms with Gasteiger partial charge in [-0.1, -0.05) is 11.6 Å². The molecule has 0 saturated heterocycles. The Morgan fingerprint density at radius 1 is 1.47 bits per heavy atom. The highest BCUT2D eigenvalue weighted by molar-refractivity contribution is 6.31. The lowest BCUT2D eigenvalue weighted by Gasteiger charge is -2.09. The summed E-state index contributed by atoms with van der Waals surface area (Å²) in [6, 6.07) is 3.06. The Kier molecular flexibility index (Phi) is 3.81. The number of aliphatic imine (C=N–C) groups is 1. The summed E-state index contributed by atoms with van der Waals surface area (Å²) in [6.45, 7) is 0. The van der Waals surface area contributed by atoms with Crippen molar-refractivity contribution in [3.05, 3.63) is 28.8 Å². The Morgan fingerprint density at radius 3 is 2.65 bits per heavy atom. The number of benzene rings is 1. The maximum Gasteiger partial charge on any atom is 0.417 e. The van der Waals surface area contributed by atoms with E-state index in [9.17, 15) is 13.2 Å². The second kappa shape index (κ2) is 4.93. The minimum absolute atomic E-state index is 0.0537. The van der Waals surface area contributed by atoms with Crippen molar-refractivity contribution in [1.82, 2.24) is 5.32 Å². The largest absolute Gasteiger partial charge is 0.417 e. The van der Waals surface area contributed by atoms with Gasteiger partial charge in [0.05, 0.1) is 16.3 Å². The molecule has 8 heteroatoms. The third-order valence-electron chi connectivity index (χ3n) is 1.69. The van der Waals surface area contributed by atoms with Gasteiger partial charge in [-0.2, -0.15) is 18.4 Å². The fraction of sp³-hybridized carbons (Fsp3) is 0.111. The van der Waals surface area contributed by atoms with Gasteiger partial charge in [0.25, 0.3) is 0 Å². The Balaban J connectivity index is 3.15. The molecule has 90 valence electrons. The van der Waals surface area contributed by atoms with E-state index in [-0.39, 0.29) is 11.6 Å². The van der Waals surface area contributed by atoms with E-state index in [0.717, 1.165) is 12.1 Å². The molecule has 17 heavy (non-hydrogen) atoms. The number of nitriles is 1. The van der Waals surface area contributed by atoms with Crippen LogP contribution in [0.5, 0.6) is 0 Å². The Morgan fingerprint density at radius 2 is 2.12 bits per heavy atom. The van der Waals surface area contributed by atoms with Crippen LogP contribution >= 0.6 is 11.6 Å². The number of hydrogen-bond acceptors (Lipinski definition) is 2. The summed E-state index contributed by atoms with van der Waals surface area (Å²) in [5.74, 6) is -0.303. The molecule has 0 unspecified atom stereocenters. The molecule has 3 N–H and O–H groups in total. The summed E-state index contributed by atoms with van der Waals surface area (Å²) in [4.78, 5) is 3.57. The molecule has 0 aliphatic rings. The van der Waals surface area contributed by atoms with Gasteiger partial charge in [-0.05, 0) is 18.2 Å². The van der Waals surface area contributed by atoms with Gasteiger partial charge < -0.3 is 5.73 Å². The van der Waals surface area contributed by atoms with Crippen molar-refractivity contribution in [3.63, 3.8) is 0 Å². The van der Waals surface area contributed by atoms with E-state index >= 15 is 0 Å². The summed E-state index contributed by atoms with van der Waals surface area (Å²) in [6.07, 6.45) is -3.08. The van der Waals surface area contributed by atoms with E-state index in [1.807, 2.05) is 5.32 Å². The molecule has 0 fully saturated rings. The van der Waals surface area contributed by atoms with Crippen LogP contribution in [0.1, 0.15) is 5.56 Å². The summed E-state index contributed by atoms with van der Waals surface area (Å²) in [7, 11) is 0. The molecule has 0 radical (unpaired) electrons. The van der Waals surface area contributed by atoms with E-state index in [1.54, 1.807) is 0 Å². The fourth-order valence-corrected chi connectivity index (χ4v) is 1.25. The van der Waals surface area contributed by atoms with Crippen LogP contribution < -0.4 is 11.1 Å². The first-order chi connectivity index (χ1) is 7.84. The Hall–Kier alpha value is -1.94. The second-order valence-electron chi connectivity index (χ2n) is 2.90. The first kappa shape index (κ1) is 13.1. The number of hydrogen-bond donors (Lipinski definition) is 2. The molecule has 0 atom stereocenters. The number of guanidine groups is 1. The molecular weight excluding hydrogens is 257 g/mol. The number of rotatable bonds is 1. The van der Waals surface area contributed by atoms with Gasteiger partial charge in [-0.25, -0.2) is 4.99 Å².